The van der Waals surface area contributed by atoms with Crippen LogP contribution < -0.4 is 5.32 Å². The van der Waals surface area contributed by atoms with Gasteiger partial charge in [0.1, 0.15) is 0 Å². The van der Waals surface area contributed by atoms with Crippen LogP contribution in [-0.4, -0.2) is 21.8 Å². The van der Waals surface area contributed by atoms with Gasteiger partial charge in [-0.15, -0.1) is 0 Å². The summed E-state index contributed by atoms with van der Waals surface area (Å²) in [4.78, 5) is 0. The molecule has 1 rings (SSSR count). The molecule has 1 aromatic heterocycles. The minimum atomic E-state index is -0.157. The first kappa shape index (κ1) is 11.3. The monoisotopic (exact) mass is 196 g/mol. The summed E-state index contributed by atoms with van der Waals surface area (Å²) in [5.74, 6) is 0. The average Bonchev–Trinajstić information content (AvgIpc) is 2.61. The number of aryl methyl sites for hydroxylation is 1. The highest BCUT2D eigenvalue weighted by Crippen LogP contribution is 2.09. The lowest BCUT2D eigenvalue weighted by molar-refractivity contribution is 0.169. The van der Waals surface area contributed by atoms with Gasteiger partial charge in [-0.05, 0) is 25.0 Å². The topological polar surface area (TPSA) is 37.2 Å². The fourth-order valence-electron chi connectivity index (χ4n) is 1.27. The first-order chi connectivity index (χ1) is 6.59. The summed E-state index contributed by atoms with van der Waals surface area (Å²) in [5.41, 5.74) is 1.09. The van der Waals surface area contributed by atoms with Gasteiger partial charge < -0.3 is 15.0 Å². The molecule has 0 bridgehead atoms. The van der Waals surface area contributed by atoms with E-state index in [1.54, 1.807) is 0 Å². The number of nitrogens with one attached hydrogen (secondary N) is 1. The predicted octanol–water partition coefficient (Wildman–Crippen LogP) is 1.28. The van der Waals surface area contributed by atoms with Gasteiger partial charge in [0, 0.05) is 31.5 Å². The van der Waals surface area contributed by atoms with Gasteiger partial charge >= 0.3 is 0 Å². The van der Waals surface area contributed by atoms with E-state index in [2.05, 4.69) is 24.5 Å². The van der Waals surface area contributed by atoms with Crippen molar-refractivity contribution in [2.24, 2.45) is 7.05 Å². The third-order valence-corrected chi connectivity index (χ3v) is 2.74. The van der Waals surface area contributed by atoms with E-state index in [9.17, 15) is 5.11 Å². The lowest BCUT2D eigenvalue weighted by Gasteiger charge is -2.27. The zero-order valence-corrected chi connectivity index (χ0v) is 9.25. The van der Waals surface area contributed by atoms with Gasteiger partial charge in [0.15, 0.2) is 0 Å². The van der Waals surface area contributed by atoms with Crippen molar-refractivity contribution in [3.05, 3.63) is 24.0 Å². The van der Waals surface area contributed by atoms with E-state index < -0.39 is 0 Å². The molecule has 1 atom stereocenters. The van der Waals surface area contributed by atoms with E-state index in [-0.39, 0.29) is 12.1 Å². The fraction of sp³-hybridized carbons (Fsp3) is 0.636. The maximum Gasteiger partial charge on any atom is 0.0610 e. The van der Waals surface area contributed by atoms with E-state index in [1.165, 1.54) is 5.56 Å². The zero-order valence-electron chi connectivity index (χ0n) is 9.25. The highest BCUT2D eigenvalue weighted by Gasteiger charge is 2.19. The quantitative estimate of drug-likeness (QED) is 0.744. The van der Waals surface area contributed by atoms with Crippen LogP contribution in [0.2, 0.25) is 0 Å². The Labute approximate surface area is 85.7 Å². The van der Waals surface area contributed by atoms with Gasteiger partial charge in [-0.2, -0.15) is 0 Å². The van der Waals surface area contributed by atoms with Gasteiger partial charge in [-0.25, -0.2) is 0 Å². The van der Waals surface area contributed by atoms with Crippen molar-refractivity contribution in [2.45, 2.75) is 32.4 Å². The van der Waals surface area contributed by atoms with E-state index in [1.807, 2.05) is 24.7 Å². The Bertz CT molecular complexity index is 277. The first-order valence-corrected chi connectivity index (χ1v) is 5.06. The summed E-state index contributed by atoms with van der Waals surface area (Å²) in [7, 11) is 2.01. The molecule has 3 heteroatoms. The molecule has 0 aliphatic heterocycles. The van der Waals surface area contributed by atoms with Crippen molar-refractivity contribution < 1.29 is 5.11 Å². The number of hydrogen-bond acceptors (Lipinski definition) is 2. The molecular weight excluding hydrogens is 176 g/mol. The van der Waals surface area contributed by atoms with Crippen LogP contribution in [0.1, 0.15) is 25.8 Å². The predicted molar refractivity (Wildman–Crippen MR) is 58.0 cm³/mol. The molecule has 1 unspecified atom stereocenters. The van der Waals surface area contributed by atoms with Gasteiger partial charge in [0.05, 0.1) is 6.61 Å². The van der Waals surface area contributed by atoms with Crippen molar-refractivity contribution >= 4 is 0 Å². The summed E-state index contributed by atoms with van der Waals surface area (Å²) in [6.45, 7) is 5.10. The molecular formula is C11H20N2O. The van der Waals surface area contributed by atoms with Crippen molar-refractivity contribution in [3.8, 4) is 0 Å². The van der Waals surface area contributed by atoms with Crippen molar-refractivity contribution in [1.82, 2.24) is 9.88 Å². The SMILES string of the molecule is CCC(C)(CO)NCc1ccn(C)c1. The fourth-order valence-corrected chi connectivity index (χ4v) is 1.27. The number of rotatable bonds is 5. The van der Waals surface area contributed by atoms with Crippen molar-refractivity contribution in [3.63, 3.8) is 0 Å². The van der Waals surface area contributed by atoms with Crippen molar-refractivity contribution in [2.75, 3.05) is 6.61 Å². The number of nitrogens with zero attached hydrogens (tertiary/aromatic N) is 1. The first-order valence-electron chi connectivity index (χ1n) is 5.06. The maximum absolute atomic E-state index is 9.20. The minimum Gasteiger partial charge on any atom is -0.394 e. The third-order valence-electron chi connectivity index (χ3n) is 2.74. The summed E-state index contributed by atoms with van der Waals surface area (Å²) in [6.07, 6.45) is 5.04. The molecule has 0 amide bonds. The average molecular weight is 196 g/mol. The van der Waals surface area contributed by atoms with Crippen LogP contribution in [0.4, 0.5) is 0 Å². The lowest BCUT2D eigenvalue weighted by atomic mass is 10.0. The minimum absolute atomic E-state index is 0.157. The Kier molecular flexibility index (Phi) is 3.72. The molecule has 0 radical (unpaired) electrons. The molecule has 0 aliphatic rings. The van der Waals surface area contributed by atoms with Crippen LogP contribution in [0.25, 0.3) is 0 Å². The van der Waals surface area contributed by atoms with Gasteiger partial charge in [-0.3, -0.25) is 0 Å². The molecule has 80 valence electrons. The second-order valence-corrected chi connectivity index (χ2v) is 4.11. The number of aliphatic hydroxyl groups is 1. The smallest absolute Gasteiger partial charge is 0.0610 e. The molecule has 0 saturated heterocycles. The highest BCUT2D eigenvalue weighted by atomic mass is 16.3. The van der Waals surface area contributed by atoms with E-state index in [0.717, 1.165) is 13.0 Å². The molecule has 3 nitrogen and oxygen atoms in total. The molecule has 0 aliphatic carbocycles. The molecule has 1 aromatic rings. The third kappa shape index (κ3) is 2.86. The Morgan fingerprint density at radius 1 is 1.57 bits per heavy atom. The van der Waals surface area contributed by atoms with E-state index in [4.69, 9.17) is 0 Å². The molecule has 0 fully saturated rings. The summed E-state index contributed by atoms with van der Waals surface area (Å²) in [5, 5.41) is 12.6. The van der Waals surface area contributed by atoms with Crippen molar-refractivity contribution in [1.29, 1.82) is 0 Å². The van der Waals surface area contributed by atoms with Crippen LogP contribution in [0.5, 0.6) is 0 Å². The lowest BCUT2D eigenvalue weighted by Crippen LogP contribution is -2.44. The van der Waals surface area contributed by atoms with Gasteiger partial charge in [0.25, 0.3) is 0 Å². The van der Waals surface area contributed by atoms with Gasteiger partial charge in [0.2, 0.25) is 0 Å². The van der Waals surface area contributed by atoms with Crippen LogP contribution in [0, 0.1) is 0 Å². The Morgan fingerprint density at radius 3 is 2.71 bits per heavy atom. The largest absolute Gasteiger partial charge is 0.394 e. The maximum atomic E-state index is 9.20. The van der Waals surface area contributed by atoms with Gasteiger partial charge in [-0.1, -0.05) is 6.92 Å². The van der Waals surface area contributed by atoms with Crippen LogP contribution in [0.3, 0.4) is 0 Å². The molecule has 0 spiro atoms. The second-order valence-electron chi connectivity index (χ2n) is 4.11. The Morgan fingerprint density at radius 2 is 2.29 bits per heavy atom. The van der Waals surface area contributed by atoms with Crippen LogP contribution in [0.15, 0.2) is 18.5 Å². The van der Waals surface area contributed by atoms with E-state index in [0.29, 0.717) is 0 Å². The molecule has 2 N–H and O–H groups in total. The van der Waals surface area contributed by atoms with Crippen LogP contribution in [-0.2, 0) is 13.6 Å². The summed E-state index contributed by atoms with van der Waals surface area (Å²) >= 11 is 0. The highest BCUT2D eigenvalue weighted by molar-refractivity contribution is 5.10. The normalized spacial score (nSPS) is 15.4. The van der Waals surface area contributed by atoms with Crippen LogP contribution >= 0.6 is 0 Å². The molecule has 1 heterocycles. The molecule has 14 heavy (non-hydrogen) atoms. The molecule has 0 aromatic carbocycles. The molecule has 0 saturated carbocycles. The Hall–Kier alpha value is -0.800. The zero-order chi connectivity index (χ0) is 10.6. The summed E-state index contributed by atoms with van der Waals surface area (Å²) < 4.78 is 2.03. The number of hydrogen-bond donors (Lipinski definition) is 2. The standard InChI is InChI=1S/C11H20N2O/c1-4-11(2,9-14)12-7-10-5-6-13(3)8-10/h5-6,8,12,14H,4,7,9H2,1-3H3. The Balaban J connectivity index is 2.47. The number of aliphatic hydroxyl groups excluding tert-OH is 1. The van der Waals surface area contributed by atoms with E-state index >= 15 is 0 Å². The summed E-state index contributed by atoms with van der Waals surface area (Å²) in [6, 6.07) is 2.08. The number of aromatic nitrogens is 1. The second kappa shape index (κ2) is 4.62.